The Kier molecular flexibility index (Phi) is 17.7. The maximum absolute atomic E-state index is 13.4. The number of rotatable bonds is 10. The van der Waals surface area contributed by atoms with Crippen LogP contribution in [0.15, 0.2) is 55.3 Å². The zero-order valence-electron chi connectivity index (χ0n) is 57.5. The monoisotopic (exact) mass is 1220 g/mol. The van der Waals surface area contributed by atoms with Gasteiger partial charge in [0.1, 0.15) is 0 Å². The Bertz CT molecular complexity index is 3010. The van der Waals surface area contributed by atoms with Crippen molar-refractivity contribution in [3.63, 3.8) is 0 Å². The quantitative estimate of drug-likeness (QED) is 0.172. The number of aromatic nitrogens is 6. The summed E-state index contributed by atoms with van der Waals surface area (Å²) in [7, 11) is 0. The molecule has 492 valence electrons. The van der Waals surface area contributed by atoms with Gasteiger partial charge in [0.25, 0.3) is 0 Å². The van der Waals surface area contributed by atoms with Gasteiger partial charge in [-0.25, -0.2) is 0 Å². The van der Waals surface area contributed by atoms with Gasteiger partial charge in [0.2, 0.25) is 0 Å². The fourth-order valence-corrected chi connectivity index (χ4v) is 25.9. The molecule has 0 bridgehead atoms. The topological polar surface area (TPSA) is 131 Å². The van der Waals surface area contributed by atoms with Crippen LogP contribution in [0.1, 0.15) is 244 Å². The smallest absolute Gasteiger partial charge is 0.157 e. The second-order valence-electron chi connectivity index (χ2n) is 35.5. The molecule has 15 rings (SSSR count). The predicted octanol–water partition coefficient (Wildman–Crippen LogP) is 16.9. The van der Waals surface area contributed by atoms with E-state index in [1.165, 1.54) is 156 Å². The van der Waals surface area contributed by atoms with E-state index in [2.05, 4.69) is 106 Å². The lowest BCUT2D eigenvalue weighted by Gasteiger charge is -2.57. The molecule has 0 saturated heterocycles. The summed E-state index contributed by atoms with van der Waals surface area (Å²) in [6.07, 6.45) is 45.2. The molecule has 10 heteroatoms. The zero-order chi connectivity index (χ0) is 62.7. The van der Waals surface area contributed by atoms with Crippen molar-refractivity contribution in [3.05, 3.63) is 77.7 Å². The Morgan fingerprint density at radius 3 is 1.24 bits per heavy atom. The third kappa shape index (κ3) is 12.2. The highest BCUT2D eigenvalue weighted by molar-refractivity contribution is 5.82. The van der Waals surface area contributed by atoms with Gasteiger partial charge in [-0.05, 0) is 355 Å². The molecule has 0 radical (unpaired) electrons. The van der Waals surface area contributed by atoms with Gasteiger partial charge in [0.15, 0.2) is 5.78 Å². The van der Waals surface area contributed by atoms with Crippen molar-refractivity contribution in [1.82, 2.24) is 29.3 Å². The molecule has 12 fully saturated rings. The molecular weight excluding hydrogens is 1100 g/mol. The Morgan fingerprint density at radius 1 is 0.461 bits per heavy atom. The van der Waals surface area contributed by atoms with Crippen LogP contribution >= 0.6 is 0 Å². The Hall–Kier alpha value is -3.34. The normalized spacial score (nSPS) is 45.9. The minimum absolute atomic E-state index is 0.183. The molecule has 24 atom stereocenters. The van der Waals surface area contributed by atoms with Gasteiger partial charge in [-0.2, -0.15) is 15.3 Å². The van der Waals surface area contributed by atoms with E-state index in [9.17, 15) is 20.1 Å². The molecule has 3 aromatic heterocycles. The molecule has 3 aromatic rings. The summed E-state index contributed by atoms with van der Waals surface area (Å²) in [5.74, 6) is 14.6. The highest BCUT2D eigenvalue weighted by Gasteiger charge is 2.62. The van der Waals surface area contributed by atoms with Crippen LogP contribution in [-0.2, 0) is 30.8 Å². The van der Waals surface area contributed by atoms with Crippen LogP contribution in [0.3, 0.4) is 0 Å². The molecule has 12 aliphatic carbocycles. The third-order valence-electron chi connectivity index (χ3n) is 30.2. The number of aryl methyl sites for hydroxylation is 4. The zero-order valence-corrected chi connectivity index (χ0v) is 57.5. The van der Waals surface area contributed by atoms with Crippen LogP contribution in [0.25, 0.3) is 0 Å². The fourth-order valence-electron chi connectivity index (χ4n) is 25.9. The minimum Gasteiger partial charge on any atom is -0.390 e. The summed E-state index contributed by atoms with van der Waals surface area (Å²) in [6, 6.07) is 0. The predicted molar refractivity (Wildman–Crippen MR) is 357 cm³/mol. The maximum Gasteiger partial charge on any atom is 0.157 e. The maximum atomic E-state index is 13.4. The number of carbonyl (C=O) groups is 1. The number of carbonyl (C=O) groups excluding carboxylic acids is 1. The van der Waals surface area contributed by atoms with E-state index in [0.29, 0.717) is 35.0 Å². The first-order valence-electron chi connectivity index (χ1n) is 37.3. The average Bonchev–Trinajstić information content (AvgIpc) is 1.70. The van der Waals surface area contributed by atoms with E-state index in [1.807, 2.05) is 37.1 Å². The van der Waals surface area contributed by atoms with Crippen molar-refractivity contribution < 1.29 is 20.1 Å². The molecule has 0 aromatic carbocycles. The summed E-state index contributed by atoms with van der Waals surface area (Å²) in [6.45, 7) is 33.6. The summed E-state index contributed by atoms with van der Waals surface area (Å²) < 4.78 is 6.07. The van der Waals surface area contributed by atoms with Gasteiger partial charge in [-0.3, -0.25) is 18.8 Å². The van der Waals surface area contributed by atoms with E-state index < -0.39 is 16.8 Å². The van der Waals surface area contributed by atoms with Crippen molar-refractivity contribution in [2.75, 3.05) is 0 Å². The Balaban J connectivity index is 0.000000123. The molecule has 0 aliphatic heterocycles. The van der Waals surface area contributed by atoms with Gasteiger partial charge in [-0.1, -0.05) is 52.0 Å². The number of hydrogen-bond donors (Lipinski definition) is 3. The number of Topliss-reactive ketones (excluding diaryl/α,β-unsaturated/α-hetero) is 1. The summed E-state index contributed by atoms with van der Waals surface area (Å²) in [4.78, 5) is 13.4. The first-order valence-corrected chi connectivity index (χ1v) is 37.3. The lowest BCUT2D eigenvalue weighted by atomic mass is 9.49. The molecule has 0 amide bonds. The molecule has 10 nitrogen and oxygen atoms in total. The van der Waals surface area contributed by atoms with E-state index in [-0.39, 0.29) is 11.3 Å². The molecule has 12 saturated carbocycles. The minimum atomic E-state index is -0.439. The van der Waals surface area contributed by atoms with Crippen molar-refractivity contribution in [2.45, 2.75) is 285 Å². The average molecular weight is 1220 g/mol. The number of allylic oxidation sites excluding steroid dienone is 2. The lowest BCUT2D eigenvalue weighted by molar-refractivity contribution is -0.133. The molecule has 0 spiro atoms. The largest absolute Gasteiger partial charge is 0.390 e. The molecule has 0 unspecified atom stereocenters. The van der Waals surface area contributed by atoms with E-state index >= 15 is 0 Å². The van der Waals surface area contributed by atoms with Gasteiger partial charge in [-0.15, -0.1) is 0 Å². The second kappa shape index (κ2) is 24.5. The van der Waals surface area contributed by atoms with Crippen LogP contribution in [0.2, 0.25) is 0 Å². The van der Waals surface area contributed by atoms with Crippen molar-refractivity contribution >= 4 is 5.78 Å². The van der Waals surface area contributed by atoms with Crippen LogP contribution in [0.5, 0.6) is 0 Å². The molecular formula is C79H122N6O4. The highest BCUT2D eigenvalue weighted by atomic mass is 16.3. The number of hydrogen-bond acceptors (Lipinski definition) is 7. The number of fused-ring (bicyclic) bond motifs is 15. The number of aliphatic hydroxyl groups is 3. The van der Waals surface area contributed by atoms with Crippen LogP contribution < -0.4 is 0 Å². The molecule has 89 heavy (non-hydrogen) atoms. The standard InChI is InChI=1S/C27H42N2O.C26H40N2O2.C26H40N2O/c1-5-19-15-28-29(17-19)16-18(2)24-8-9-25-23-7-6-20-14-26(3,30)12-10-21(20)22(23)11-13-27(24,25)4;1-16-14-28(27-17(16)2)15-24(29)23-8-7-22-21-6-5-18-13-25(3,30)11-9-19(18)20(21)10-12-26(22,23)4;1-17-14-27-28(15-17)16-18(2)23-7-8-24-22-6-5-19-13-25(3,29)11-9-20(19)21(22)10-12-26(23,24)4/h15,17,20-25,30H,2,5-14,16H2,1,3-4H3;14,18-23,30H,5-13,15H2,1-4H3;14-15,19-24,29H,2,5-13,16H2,1,3-4H3/t20-,21+,22-,23-,24-,25+,26-,27-;18-,19+,20-,21-,22+,23-,25-,26+;19-,20+,21-,22-,23-,24+,25-,26-/m111/s1. The summed E-state index contributed by atoms with van der Waals surface area (Å²) >= 11 is 0. The van der Waals surface area contributed by atoms with Crippen LogP contribution in [0, 0.1) is 144 Å². The van der Waals surface area contributed by atoms with E-state index in [1.54, 1.807) is 0 Å². The summed E-state index contributed by atoms with van der Waals surface area (Å²) in [5.41, 5.74) is 7.37. The summed E-state index contributed by atoms with van der Waals surface area (Å²) in [5, 5.41) is 45.5. The highest BCUT2D eigenvalue weighted by Crippen LogP contribution is 2.69. The number of nitrogens with zero attached hydrogens (tertiary/aromatic N) is 6. The van der Waals surface area contributed by atoms with Gasteiger partial charge in [0, 0.05) is 24.5 Å². The third-order valence-corrected chi connectivity index (χ3v) is 30.2. The van der Waals surface area contributed by atoms with Crippen molar-refractivity contribution in [2.24, 2.45) is 123 Å². The van der Waals surface area contributed by atoms with Crippen LogP contribution in [-0.4, -0.2) is 67.2 Å². The van der Waals surface area contributed by atoms with E-state index in [4.69, 9.17) is 0 Å². The number of ketones is 1. The Morgan fingerprint density at radius 2 is 0.854 bits per heavy atom. The van der Waals surface area contributed by atoms with Crippen molar-refractivity contribution in [1.29, 1.82) is 0 Å². The first-order chi connectivity index (χ1) is 42.2. The molecule has 3 heterocycles. The first kappa shape index (κ1) is 64.4. The fraction of sp³-hybridized carbons (Fsp3) is 0.823. The molecule has 3 N–H and O–H groups in total. The van der Waals surface area contributed by atoms with Crippen molar-refractivity contribution in [3.8, 4) is 0 Å². The van der Waals surface area contributed by atoms with E-state index in [0.717, 1.165) is 159 Å². The Labute approximate surface area is 538 Å². The van der Waals surface area contributed by atoms with Gasteiger partial charge in [0.05, 0.1) is 54.5 Å². The SMILES string of the molecule is C=C(Cn1cc(C)cn1)[C@H]1CC[C@H]2[C@@H]3CC[C@@H]4C[C@](C)(O)CC[C@@H]4[C@H]3CC[C@]12C.C=C(Cn1cc(CC)cn1)[C@H]1CC[C@H]2[C@@H]3CC[C@@H]4C[C@](C)(O)CC[C@@H]4[C@H]3CC[C@]12C.Cc1cn(CC(=O)[C@H]2CC[C@H]3[C@@H]4CC[C@@H]5C[C@](C)(O)CC[C@@H]5[C@H]4CC[C@]23C)nc1C. The second-order valence-corrected chi connectivity index (χ2v) is 35.5. The lowest BCUT2D eigenvalue weighted by Crippen LogP contribution is -2.51. The molecule has 12 aliphatic rings. The van der Waals surface area contributed by atoms with Gasteiger partial charge < -0.3 is 15.3 Å². The van der Waals surface area contributed by atoms with Gasteiger partial charge >= 0.3 is 0 Å². The van der Waals surface area contributed by atoms with Crippen LogP contribution in [0.4, 0.5) is 0 Å².